The highest BCUT2D eigenvalue weighted by molar-refractivity contribution is 7.71. The van der Waals surface area contributed by atoms with Crippen molar-refractivity contribution in [2.45, 2.75) is 26.7 Å². The van der Waals surface area contributed by atoms with Gasteiger partial charge in [0.05, 0.1) is 18.6 Å². The van der Waals surface area contributed by atoms with Crippen molar-refractivity contribution in [1.82, 2.24) is 9.97 Å². The standard InChI is InChI=1S/C15H18N2OS/c1-3-6-13-14(16-10-17-15(13)19)11-7-5-8-12(9-11)18-4-2/h5,7-10H,3-4,6H2,1-2H3,(H,16,17,19). The van der Waals surface area contributed by atoms with E-state index in [1.165, 1.54) is 0 Å². The molecule has 1 aromatic carbocycles. The van der Waals surface area contributed by atoms with Crippen molar-refractivity contribution in [1.29, 1.82) is 0 Å². The number of hydrogen-bond donors (Lipinski definition) is 1. The van der Waals surface area contributed by atoms with Gasteiger partial charge in [-0.2, -0.15) is 0 Å². The maximum absolute atomic E-state index is 5.54. The molecule has 0 saturated carbocycles. The fourth-order valence-electron chi connectivity index (χ4n) is 2.07. The molecule has 0 atom stereocenters. The molecular weight excluding hydrogens is 256 g/mol. The molecular formula is C15H18N2OS. The second-order valence-electron chi connectivity index (χ2n) is 4.27. The highest BCUT2D eigenvalue weighted by Gasteiger charge is 2.08. The van der Waals surface area contributed by atoms with Crippen LogP contribution in [0.1, 0.15) is 25.8 Å². The number of aromatic nitrogens is 2. The predicted octanol–water partition coefficient (Wildman–Crippen LogP) is 4.16. The van der Waals surface area contributed by atoms with E-state index in [9.17, 15) is 0 Å². The van der Waals surface area contributed by atoms with E-state index in [1.807, 2.05) is 25.1 Å². The quantitative estimate of drug-likeness (QED) is 0.832. The predicted molar refractivity (Wildman–Crippen MR) is 80.0 cm³/mol. The van der Waals surface area contributed by atoms with Crippen molar-refractivity contribution in [2.24, 2.45) is 0 Å². The smallest absolute Gasteiger partial charge is 0.133 e. The van der Waals surface area contributed by atoms with Crippen LogP contribution in [0.5, 0.6) is 5.75 Å². The maximum atomic E-state index is 5.54. The lowest BCUT2D eigenvalue weighted by molar-refractivity contribution is 0.340. The molecule has 0 spiro atoms. The van der Waals surface area contributed by atoms with Gasteiger partial charge in [-0.3, -0.25) is 0 Å². The molecule has 0 amide bonds. The zero-order chi connectivity index (χ0) is 13.7. The van der Waals surface area contributed by atoms with E-state index < -0.39 is 0 Å². The first kappa shape index (κ1) is 13.7. The Labute approximate surface area is 118 Å². The zero-order valence-corrected chi connectivity index (χ0v) is 12.1. The molecule has 4 heteroatoms. The third-order valence-corrected chi connectivity index (χ3v) is 3.24. The SMILES string of the molecule is CCCc1c(-c2cccc(OCC)c2)[nH]cnc1=S. The molecule has 1 heterocycles. The van der Waals surface area contributed by atoms with Gasteiger partial charge in [0.25, 0.3) is 0 Å². The molecule has 3 nitrogen and oxygen atoms in total. The summed E-state index contributed by atoms with van der Waals surface area (Å²) in [5.41, 5.74) is 3.24. The van der Waals surface area contributed by atoms with Crippen LogP contribution in [0, 0.1) is 4.64 Å². The van der Waals surface area contributed by atoms with Gasteiger partial charge in [0.15, 0.2) is 0 Å². The zero-order valence-electron chi connectivity index (χ0n) is 11.3. The normalized spacial score (nSPS) is 10.4. The molecule has 0 aliphatic heterocycles. The Bertz CT molecular complexity index is 607. The molecule has 0 bridgehead atoms. The first-order chi connectivity index (χ1) is 9.26. The first-order valence-corrected chi connectivity index (χ1v) is 6.96. The van der Waals surface area contributed by atoms with Crippen LogP contribution in [0.3, 0.4) is 0 Å². The molecule has 0 fully saturated rings. The van der Waals surface area contributed by atoms with Crippen LogP contribution in [0.25, 0.3) is 11.3 Å². The van der Waals surface area contributed by atoms with Gasteiger partial charge in [-0.25, -0.2) is 4.98 Å². The summed E-state index contributed by atoms with van der Waals surface area (Å²) in [7, 11) is 0. The highest BCUT2D eigenvalue weighted by atomic mass is 32.1. The Balaban J connectivity index is 2.49. The molecule has 0 unspecified atom stereocenters. The fourth-order valence-corrected chi connectivity index (χ4v) is 2.33. The highest BCUT2D eigenvalue weighted by Crippen LogP contribution is 2.26. The van der Waals surface area contributed by atoms with Crippen LogP contribution in [0.15, 0.2) is 30.6 Å². The lowest BCUT2D eigenvalue weighted by Gasteiger charge is -2.10. The number of hydrogen-bond acceptors (Lipinski definition) is 3. The van der Waals surface area contributed by atoms with Gasteiger partial charge in [-0.15, -0.1) is 0 Å². The van der Waals surface area contributed by atoms with E-state index in [1.54, 1.807) is 6.33 Å². The summed E-state index contributed by atoms with van der Waals surface area (Å²) in [6.45, 7) is 4.79. The van der Waals surface area contributed by atoms with Crippen molar-refractivity contribution in [2.75, 3.05) is 6.61 Å². The Morgan fingerprint density at radius 2 is 2.16 bits per heavy atom. The van der Waals surface area contributed by atoms with Crippen LogP contribution in [0.2, 0.25) is 0 Å². The van der Waals surface area contributed by atoms with E-state index in [0.717, 1.165) is 35.4 Å². The number of rotatable bonds is 5. The number of H-pyrrole nitrogens is 1. The van der Waals surface area contributed by atoms with E-state index in [2.05, 4.69) is 23.0 Å². The van der Waals surface area contributed by atoms with E-state index >= 15 is 0 Å². The second-order valence-corrected chi connectivity index (χ2v) is 4.66. The molecule has 100 valence electrons. The molecule has 0 radical (unpaired) electrons. The minimum Gasteiger partial charge on any atom is -0.494 e. The molecule has 0 aliphatic rings. The maximum Gasteiger partial charge on any atom is 0.133 e. The van der Waals surface area contributed by atoms with Crippen LogP contribution in [0.4, 0.5) is 0 Å². The number of nitrogens with one attached hydrogen (secondary N) is 1. The van der Waals surface area contributed by atoms with Gasteiger partial charge in [-0.1, -0.05) is 37.7 Å². The molecule has 0 aliphatic carbocycles. The summed E-state index contributed by atoms with van der Waals surface area (Å²) >= 11 is 5.33. The number of aromatic amines is 1. The van der Waals surface area contributed by atoms with E-state index in [0.29, 0.717) is 11.2 Å². The van der Waals surface area contributed by atoms with Gasteiger partial charge >= 0.3 is 0 Å². The average Bonchev–Trinajstić information content (AvgIpc) is 2.42. The van der Waals surface area contributed by atoms with Gasteiger partial charge in [0, 0.05) is 11.1 Å². The third-order valence-electron chi connectivity index (χ3n) is 2.88. The van der Waals surface area contributed by atoms with Crippen molar-refractivity contribution in [3.8, 4) is 17.0 Å². The minimum atomic E-state index is 0.664. The van der Waals surface area contributed by atoms with Crippen LogP contribution < -0.4 is 4.74 Å². The topological polar surface area (TPSA) is 37.9 Å². The average molecular weight is 274 g/mol. The Morgan fingerprint density at radius 1 is 1.32 bits per heavy atom. The van der Waals surface area contributed by atoms with Gasteiger partial charge in [0.1, 0.15) is 10.4 Å². The number of ether oxygens (including phenoxy) is 1. The number of nitrogens with zero attached hydrogens (tertiary/aromatic N) is 1. The summed E-state index contributed by atoms with van der Waals surface area (Å²) in [6.07, 6.45) is 3.63. The third kappa shape index (κ3) is 3.20. The fraction of sp³-hybridized carbons (Fsp3) is 0.333. The largest absolute Gasteiger partial charge is 0.494 e. The summed E-state index contributed by atoms with van der Waals surface area (Å²) in [5.74, 6) is 0.874. The monoisotopic (exact) mass is 274 g/mol. The molecule has 2 aromatic rings. The molecule has 2 rings (SSSR count). The van der Waals surface area contributed by atoms with Crippen molar-refractivity contribution in [3.05, 3.63) is 40.8 Å². The van der Waals surface area contributed by atoms with Crippen molar-refractivity contribution >= 4 is 12.2 Å². The van der Waals surface area contributed by atoms with Gasteiger partial charge in [-0.05, 0) is 25.5 Å². The summed E-state index contributed by atoms with van der Waals surface area (Å²) in [4.78, 5) is 7.39. The molecule has 1 aromatic heterocycles. The summed E-state index contributed by atoms with van der Waals surface area (Å²) in [6, 6.07) is 8.04. The summed E-state index contributed by atoms with van der Waals surface area (Å²) < 4.78 is 6.22. The Morgan fingerprint density at radius 3 is 2.89 bits per heavy atom. The van der Waals surface area contributed by atoms with Crippen LogP contribution in [-0.4, -0.2) is 16.6 Å². The second kappa shape index (κ2) is 6.48. The van der Waals surface area contributed by atoms with Crippen molar-refractivity contribution < 1.29 is 4.74 Å². The lowest BCUT2D eigenvalue weighted by Crippen LogP contribution is -1.97. The van der Waals surface area contributed by atoms with Gasteiger partial charge in [0.2, 0.25) is 0 Å². The van der Waals surface area contributed by atoms with Crippen LogP contribution >= 0.6 is 12.2 Å². The molecule has 1 N–H and O–H groups in total. The lowest BCUT2D eigenvalue weighted by atomic mass is 10.0. The molecule has 0 saturated heterocycles. The molecule has 19 heavy (non-hydrogen) atoms. The van der Waals surface area contributed by atoms with E-state index in [4.69, 9.17) is 17.0 Å². The Hall–Kier alpha value is -1.68. The first-order valence-electron chi connectivity index (χ1n) is 6.56. The van der Waals surface area contributed by atoms with Gasteiger partial charge < -0.3 is 9.72 Å². The Kier molecular flexibility index (Phi) is 4.68. The minimum absolute atomic E-state index is 0.664. The summed E-state index contributed by atoms with van der Waals surface area (Å²) in [5, 5.41) is 0. The van der Waals surface area contributed by atoms with Crippen LogP contribution in [-0.2, 0) is 6.42 Å². The van der Waals surface area contributed by atoms with E-state index in [-0.39, 0.29) is 0 Å². The number of benzene rings is 1. The van der Waals surface area contributed by atoms with Crippen molar-refractivity contribution in [3.63, 3.8) is 0 Å².